The van der Waals surface area contributed by atoms with Crippen LogP contribution in [-0.2, 0) is 9.53 Å². The van der Waals surface area contributed by atoms with Gasteiger partial charge in [-0.1, -0.05) is 17.7 Å². The topological polar surface area (TPSA) is 85.3 Å². The number of carbonyl (C=O) groups excluding carboxylic acids is 2. The lowest BCUT2D eigenvalue weighted by atomic mass is 9.90. The van der Waals surface area contributed by atoms with Crippen LogP contribution in [-0.4, -0.2) is 96.4 Å². The number of benzene rings is 1. The molecule has 2 saturated heterocycles. The molecule has 8 nitrogen and oxygen atoms in total. The van der Waals surface area contributed by atoms with Crippen molar-refractivity contribution in [3.63, 3.8) is 0 Å². The van der Waals surface area contributed by atoms with E-state index in [0.29, 0.717) is 37.0 Å². The molecule has 0 radical (unpaired) electrons. The van der Waals surface area contributed by atoms with E-state index in [-0.39, 0.29) is 42.0 Å². The predicted octanol–water partition coefficient (Wildman–Crippen LogP) is 3.05. The zero-order valence-corrected chi connectivity index (χ0v) is 21.0. The van der Waals surface area contributed by atoms with E-state index in [1.54, 1.807) is 36.3 Å². The van der Waals surface area contributed by atoms with Crippen LogP contribution in [0.5, 0.6) is 0 Å². The smallest absolute Gasteiger partial charge is 0.322 e. The van der Waals surface area contributed by atoms with Gasteiger partial charge in [-0.3, -0.25) is 4.79 Å². The molecule has 2 heterocycles. The Hall–Kier alpha value is -1.87. The number of aliphatic hydroxyl groups excluding tert-OH is 1. The zero-order valence-electron chi connectivity index (χ0n) is 20.2. The number of nitrogens with zero attached hydrogens (tertiary/aromatic N) is 3. The average molecular weight is 493 g/mol. The minimum atomic E-state index is -0.242. The second-order valence-electron chi connectivity index (χ2n) is 10.1. The number of hydrogen-bond donors (Lipinski definition) is 2. The molecule has 2 aliphatic heterocycles. The number of urea groups is 1. The van der Waals surface area contributed by atoms with Crippen molar-refractivity contribution in [1.29, 1.82) is 0 Å². The number of methoxy groups -OCH3 is 1. The van der Waals surface area contributed by atoms with Crippen molar-refractivity contribution in [3.05, 3.63) is 29.3 Å². The van der Waals surface area contributed by atoms with Gasteiger partial charge in [0.2, 0.25) is 5.91 Å². The van der Waals surface area contributed by atoms with Gasteiger partial charge in [-0.2, -0.15) is 0 Å². The molecular formula is C25H37ClN4O4. The van der Waals surface area contributed by atoms with Gasteiger partial charge in [0.1, 0.15) is 0 Å². The molecule has 3 atom stereocenters. The number of amides is 3. The first-order chi connectivity index (χ1) is 16.3. The number of β-amino-alcohol motifs (C(OH)–C–C–N with tert-alkyl or cyclic N) is 1. The van der Waals surface area contributed by atoms with Crippen LogP contribution in [0.1, 0.15) is 39.0 Å². The first kappa shape index (κ1) is 25.2. The number of likely N-dealkylation sites (tertiary alicyclic amines) is 1. The summed E-state index contributed by atoms with van der Waals surface area (Å²) in [4.78, 5) is 32.0. The molecule has 0 aromatic heterocycles. The average Bonchev–Trinajstić information content (AvgIpc) is 3.59. The number of carbonyl (C=O) groups is 2. The minimum Gasteiger partial charge on any atom is -0.391 e. The van der Waals surface area contributed by atoms with Crippen molar-refractivity contribution in [3.8, 4) is 0 Å². The number of ether oxygens (including phenoxy) is 1. The fourth-order valence-electron chi connectivity index (χ4n) is 5.36. The highest BCUT2D eigenvalue weighted by molar-refractivity contribution is 6.30. The largest absolute Gasteiger partial charge is 0.391 e. The summed E-state index contributed by atoms with van der Waals surface area (Å²) in [5.74, 6) is 0.0440. The van der Waals surface area contributed by atoms with E-state index in [2.05, 4.69) is 10.2 Å². The first-order valence-electron chi connectivity index (χ1n) is 12.3. The third-order valence-corrected chi connectivity index (χ3v) is 7.99. The number of rotatable bonds is 7. The van der Waals surface area contributed by atoms with Gasteiger partial charge in [0.25, 0.3) is 0 Å². The number of aliphatic hydroxyl groups is 1. The molecule has 1 aliphatic carbocycles. The molecule has 3 fully saturated rings. The third kappa shape index (κ3) is 5.85. The Bertz CT molecular complexity index is 880. The Morgan fingerprint density at radius 1 is 1.29 bits per heavy atom. The molecule has 0 unspecified atom stereocenters. The maximum absolute atomic E-state index is 13.1. The molecule has 4 rings (SSSR count). The molecule has 1 aromatic carbocycles. The SMILES string of the molecule is COC[C@H](CCN1CCC2(CC2)[C@H](O)C1)N1C[C@@H](C)N(C(=O)Nc2cccc(Cl)c2)CCC1=O. The maximum atomic E-state index is 13.1. The number of piperidine rings is 1. The van der Waals surface area contributed by atoms with Crippen LogP contribution < -0.4 is 5.32 Å². The van der Waals surface area contributed by atoms with E-state index in [0.717, 1.165) is 38.8 Å². The molecule has 34 heavy (non-hydrogen) atoms. The summed E-state index contributed by atoms with van der Waals surface area (Å²) in [5, 5.41) is 14.0. The first-order valence-corrected chi connectivity index (χ1v) is 12.7. The van der Waals surface area contributed by atoms with Crippen molar-refractivity contribution in [2.75, 3.05) is 51.8 Å². The second kappa shape index (κ2) is 10.8. The molecule has 1 aromatic rings. The van der Waals surface area contributed by atoms with E-state index in [9.17, 15) is 14.7 Å². The summed E-state index contributed by atoms with van der Waals surface area (Å²) >= 11 is 6.04. The number of hydrogen-bond acceptors (Lipinski definition) is 5. The lowest BCUT2D eigenvalue weighted by Crippen LogP contribution is -2.50. The zero-order chi connectivity index (χ0) is 24.3. The van der Waals surface area contributed by atoms with Gasteiger partial charge in [-0.05, 0) is 62.8 Å². The van der Waals surface area contributed by atoms with E-state index in [4.69, 9.17) is 16.3 Å². The lowest BCUT2D eigenvalue weighted by molar-refractivity contribution is -0.134. The Morgan fingerprint density at radius 3 is 2.76 bits per heavy atom. The van der Waals surface area contributed by atoms with Gasteiger partial charge in [-0.25, -0.2) is 4.79 Å². The van der Waals surface area contributed by atoms with Gasteiger partial charge in [0, 0.05) is 56.5 Å². The summed E-state index contributed by atoms with van der Waals surface area (Å²) in [6.45, 7) is 5.78. The van der Waals surface area contributed by atoms with E-state index < -0.39 is 0 Å². The lowest BCUT2D eigenvalue weighted by Gasteiger charge is -2.38. The molecule has 1 spiro atoms. The number of halogens is 1. The van der Waals surface area contributed by atoms with E-state index in [1.165, 1.54) is 0 Å². The molecule has 3 amide bonds. The Labute approximate surface area is 207 Å². The van der Waals surface area contributed by atoms with E-state index >= 15 is 0 Å². The van der Waals surface area contributed by atoms with Crippen molar-refractivity contribution in [2.24, 2.45) is 5.41 Å². The van der Waals surface area contributed by atoms with Gasteiger partial charge in [0.15, 0.2) is 0 Å². The van der Waals surface area contributed by atoms with Crippen LogP contribution in [0.3, 0.4) is 0 Å². The fraction of sp³-hybridized carbons (Fsp3) is 0.680. The summed E-state index contributed by atoms with van der Waals surface area (Å²) in [7, 11) is 1.66. The molecule has 2 N–H and O–H groups in total. The van der Waals surface area contributed by atoms with Crippen LogP contribution in [0.4, 0.5) is 10.5 Å². The van der Waals surface area contributed by atoms with Crippen LogP contribution in [0.2, 0.25) is 5.02 Å². The van der Waals surface area contributed by atoms with Crippen molar-refractivity contribution < 1.29 is 19.4 Å². The van der Waals surface area contributed by atoms with E-state index in [1.807, 2.05) is 11.8 Å². The second-order valence-corrected chi connectivity index (χ2v) is 10.5. The minimum absolute atomic E-state index is 0.0440. The van der Waals surface area contributed by atoms with Gasteiger partial charge >= 0.3 is 6.03 Å². The highest BCUT2D eigenvalue weighted by Gasteiger charge is 2.51. The molecule has 188 valence electrons. The van der Waals surface area contributed by atoms with Crippen LogP contribution in [0, 0.1) is 5.41 Å². The van der Waals surface area contributed by atoms with Crippen molar-refractivity contribution >= 4 is 29.2 Å². The molecule has 9 heteroatoms. The molecule has 1 saturated carbocycles. The Balaban J connectivity index is 1.35. The molecular weight excluding hydrogens is 456 g/mol. The maximum Gasteiger partial charge on any atom is 0.322 e. The summed E-state index contributed by atoms with van der Waals surface area (Å²) in [6, 6.07) is 6.60. The summed E-state index contributed by atoms with van der Waals surface area (Å²) in [5.41, 5.74) is 0.819. The fourth-order valence-corrected chi connectivity index (χ4v) is 5.55. The van der Waals surface area contributed by atoms with Crippen LogP contribution in [0.25, 0.3) is 0 Å². The predicted molar refractivity (Wildman–Crippen MR) is 132 cm³/mol. The number of anilines is 1. The summed E-state index contributed by atoms with van der Waals surface area (Å²) < 4.78 is 5.48. The Kier molecular flexibility index (Phi) is 8.02. The van der Waals surface area contributed by atoms with Gasteiger partial charge in [-0.15, -0.1) is 0 Å². The number of nitrogens with one attached hydrogen (secondary N) is 1. The molecule has 0 bridgehead atoms. The van der Waals surface area contributed by atoms with Crippen LogP contribution >= 0.6 is 11.6 Å². The third-order valence-electron chi connectivity index (χ3n) is 7.75. The molecule has 3 aliphatic rings. The standard InChI is InChI=1S/C25H37ClN4O4/c1-18-15-30(21(17-34-2)6-11-28-13-10-25(8-9-25)22(31)16-28)23(32)7-12-29(18)24(33)27-20-5-3-4-19(26)14-20/h3-5,14,18,21-22,31H,6-13,15-17H2,1-2H3,(H,27,33)/t18-,21+,22-/m1/s1. The van der Waals surface area contributed by atoms with Crippen LogP contribution in [0.15, 0.2) is 24.3 Å². The highest BCUT2D eigenvalue weighted by atomic mass is 35.5. The van der Waals surface area contributed by atoms with Crippen molar-refractivity contribution in [1.82, 2.24) is 14.7 Å². The Morgan fingerprint density at radius 2 is 2.09 bits per heavy atom. The quantitative estimate of drug-likeness (QED) is 0.611. The normalized spacial score (nSPS) is 25.8. The highest BCUT2D eigenvalue weighted by Crippen LogP contribution is 2.53. The van der Waals surface area contributed by atoms with Gasteiger partial charge < -0.3 is 29.9 Å². The monoisotopic (exact) mass is 492 g/mol. The van der Waals surface area contributed by atoms with Crippen molar-refractivity contribution in [2.45, 2.75) is 57.2 Å². The van der Waals surface area contributed by atoms with Gasteiger partial charge in [0.05, 0.1) is 18.8 Å². The summed E-state index contributed by atoms with van der Waals surface area (Å²) in [6.07, 6.45) is 4.17.